The van der Waals surface area contributed by atoms with E-state index in [1.165, 1.54) is 0 Å². The Morgan fingerprint density at radius 1 is 1.08 bits per heavy atom. The van der Waals surface area contributed by atoms with Crippen molar-refractivity contribution in [2.24, 2.45) is 5.73 Å². The van der Waals surface area contributed by atoms with Gasteiger partial charge in [0.1, 0.15) is 0 Å². The molecule has 6 heteroatoms. The Morgan fingerprint density at radius 3 is 2.44 bits per heavy atom. The van der Waals surface area contributed by atoms with Crippen LogP contribution in [0, 0.1) is 6.92 Å². The molecule has 0 unspecified atom stereocenters. The normalized spacial score (nSPS) is 10.1. The SMILES string of the molecule is Cc1ccc(NC(=O)c2cccc(CN)c2)cc1C(=O)NC(C)C.Cl. The number of carbonyl (C=O) groups excluding carboxylic acids is 2. The molecule has 0 radical (unpaired) electrons. The Hall–Kier alpha value is -2.37. The van der Waals surface area contributed by atoms with E-state index < -0.39 is 0 Å². The monoisotopic (exact) mass is 361 g/mol. The minimum atomic E-state index is -0.232. The van der Waals surface area contributed by atoms with Gasteiger partial charge in [-0.25, -0.2) is 0 Å². The lowest BCUT2D eigenvalue weighted by Gasteiger charge is -2.13. The maximum atomic E-state index is 12.4. The molecule has 0 aromatic heterocycles. The summed E-state index contributed by atoms with van der Waals surface area (Å²) in [6, 6.07) is 12.5. The maximum Gasteiger partial charge on any atom is 0.255 e. The van der Waals surface area contributed by atoms with Crippen LogP contribution < -0.4 is 16.4 Å². The number of halogens is 1. The molecule has 2 aromatic carbocycles. The molecule has 0 aliphatic heterocycles. The van der Waals surface area contributed by atoms with Gasteiger partial charge >= 0.3 is 0 Å². The van der Waals surface area contributed by atoms with Crippen molar-refractivity contribution in [3.8, 4) is 0 Å². The van der Waals surface area contributed by atoms with Gasteiger partial charge in [-0.1, -0.05) is 18.2 Å². The molecule has 2 aromatic rings. The molecule has 0 aliphatic carbocycles. The number of nitrogens with two attached hydrogens (primary N) is 1. The average Bonchev–Trinajstić information content (AvgIpc) is 2.55. The van der Waals surface area contributed by atoms with Gasteiger partial charge in [-0.05, 0) is 56.2 Å². The number of hydrogen-bond acceptors (Lipinski definition) is 3. The third-order valence-corrected chi connectivity index (χ3v) is 3.58. The number of rotatable bonds is 5. The summed E-state index contributed by atoms with van der Waals surface area (Å²) in [6.07, 6.45) is 0. The van der Waals surface area contributed by atoms with E-state index in [2.05, 4.69) is 10.6 Å². The molecule has 2 amide bonds. The van der Waals surface area contributed by atoms with E-state index in [1.54, 1.807) is 30.3 Å². The highest BCUT2D eigenvalue weighted by Crippen LogP contribution is 2.17. The Balaban J connectivity index is 0.00000312. The number of anilines is 1. The molecule has 0 spiro atoms. The van der Waals surface area contributed by atoms with Crippen molar-refractivity contribution < 1.29 is 9.59 Å². The third-order valence-electron chi connectivity index (χ3n) is 3.58. The van der Waals surface area contributed by atoms with Crippen LogP contribution in [0.2, 0.25) is 0 Å². The zero-order chi connectivity index (χ0) is 17.7. The van der Waals surface area contributed by atoms with Gasteiger partial charge in [-0.3, -0.25) is 9.59 Å². The summed E-state index contributed by atoms with van der Waals surface area (Å²) in [5.74, 6) is -0.381. The lowest BCUT2D eigenvalue weighted by Crippen LogP contribution is -2.30. The Bertz CT molecular complexity index is 760. The van der Waals surface area contributed by atoms with Crippen molar-refractivity contribution >= 4 is 29.9 Å². The Kier molecular flexibility index (Phi) is 7.61. The zero-order valence-corrected chi connectivity index (χ0v) is 15.4. The van der Waals surface area contributed by atoms with Crippen LogP contribution in [0.4, 0.5) is 5.69 Å². The summed E-state index contributed by atoms with van der Waals surface area (Å²) in [6.45, 7) is 6.06. The van der Waals surface area contributed by atoms with Crippen LogP contribution in [-0.2, 0) is 6.54 Å². The van der Waals surface area contributed by atoms with Crippen molar-refractivity contribution in [1.82, 2.24) is 5.32 Å². The Morgan fingerprint density at radius 2 is 1.80 bits per heavy atom. The fourth-order valence-corrected chi connectivity index (χ4v) is 2.33. The second-order valence-corrected chi connectivity index (χ2v) is 6.02. The summed E-state index contributed by atoms with van der Waals surface area (Å²) < 4.78 is 0. The van der Waals surface area contributed by atoms with Gasteiger partial charge in [0.2, 0.25) is 0 Å². The average molecular weight is 362 g/mol. The van der Waals surface area contributed by atoms with Crippen LogP contribution in [0.15, 0.2) is 42.5 Å². The van der Waals surface area contributed by atoms with Crippen LogP contribution in [0.1, 0.15) is 45.7 Å². The number of benzene rings is 2. The van der Waals surface area contributed by atoms with E-state index in [9.17, 15) is 9.59 Å². The van der Waals surface area contributed by atoms with Gasteiger partial charge < -0.3 is 16.4 Å². The smallest absolute Gasteiger partial charge is 0.255 e. The van der Waals surface area contributed by atoms with E-state index in [-0.39, 0.29) is 30.3 Å². The zero-order valence-electron chi connectivity index (χ0n) is 14.6. The standard InChI is InChI=1S/C19H23N3O2.ClH/c1-12(2)21-19(24)17-10-16(8-7-13(17)3)22-18(23)15-6-4-5-14(9-15)11-20;/h4-10,12H,11,20H2,1-3H3,(H,21,24)(H,22,23);1H. The summed E-state index contributed by atoms with van der Waals surface area (Å²) in [5, 5.41) is 5.69. The molecule has 0 saturated heterocycles. The first-order valence-electron chi connectivity index (χ1n) is 7.92. The van der Waals surface area contributed by atoms with E-state index >= 15 is 0 Å². The predicted octanol–water partition coefficient (Wildman–Crippen LogP) is 3.27. The van der Waals surface area contributed by atoms with Gasteiger partial charge in [-0.15, -0.1) is 12.4 Å². The summed E-state index contributed by atoms with van der Waals surface area (Å²) in [7, 11) is 0. The minimum absolute atomic E-state index is 0. The number of aryl methyl sites for hydroxylation is 1. The highest BCUT2D eigenvalue weighted by atomic mass is 35.5. The Labute approximate surface area is 154 Å². The fraction of sp³-hybridized carbons (Fsp3) is 0.263. The number of nitrogens with one attached hydrogen (secondary N) is 2. The molecule has 0 aliphatic rings. The molecule has 0 heterocycles. The van der Waals surface area contributed by atoms with Crippen molar-refractivity contribution in [3.05, 3.63) is 64.7 Å². The van der Waals surface area contributed by atoms with Crippen molar-refractivity contribution in [3.63, 3.8) is 0 Å². The highest BCUT2D eigenvalue weighted by Gasteiger charge is 2.13. The van der Waals surface area contributed by atoms with Crippen LogP contribution in [0.3, 0.4) is 0 Å². The molecule has 134 valence electrons. The van der Waals surface area contributed by atoms with E-state index in [0.717, 1.165) is 11.1 Å². The van der Waals surface area contributed by atoms with Gasteiger partial charge in [-0.2, -0.15) is 0 Å². The van der Waals surface area contributed by atoms with E-state index in [0.29, 0.717) is 23.4 Å². The molecule has 4 N–H and O–H groups in total. The number of carbonyl (C=O) groups is 2. The summed E-state index contributed by atoms with van der Waals surface area (Å²) in [5.41, 5.74) is 9.02. The lowest BCUT2D eigenvalue weighted by atomic mass is 10.1. The minimum Gasteiger partial charge on any atom is -0.350 e. The molecule has 2 rings (SSSR count). The van der Waals surface area contributed by atoms with Crippen LogP contribution in [0.5, 0.6) is 0 Å². The van der Waals surface area contributed by atoms with Crippen LogP contribution in [0.25, 0.3) is 0 Å². The molecule has 0 fully saturated rings. The lowest BCUT2D eigenvalue weighted by molar-refractivity contribution is 0.0941. The number of hydrogen-bond donors (Lipinski definition) is 3. The summed E-state index contributed by atoms with van der Waals surface area (Å²) >= 11 is 0. The molecule has 5 nitrogen and oxygen atoms in total. The van der Waals surface area contributed by atoms with Gasteiger partial charge in [0, 0.05) is 29.4 Å². The molecular weight excluding hydrogens is 338 g/mol. The van der Waals surface area contributed by atoms with Gasteiger partial charge in [0.15, 0.2) is 0 Å². The van der Waals surface area contributed by atoms with Gasteiger partial charge in [0.25, 0.3) is 11.8 Å². The quantitative estimate of drug-likeness (QED) is 0.764. The first-order valence-corrected chi connectivity index (χ1v) is 7.92. The van der Waals surface area contributed by atoms with E-state index in [1.807, 2.05) is 32.9 Å². The van der Waals surface area contributed by atoms with Crippen molar-refractivity contribution in [2.75, 3.05) is 5.32 Å². The second-order valence-electron chi connectivity index (χ2n) is 6.02. The largest absolute Gasteiger partial charge is 0.350 e. The van der Waals surface area contributed by atoms with E-state index in [4.69, 9.17) is 5.73 Å². The number of amides is 2. The molecule has 25 heavy (non-hydrogen) atoms. The topological polar surface area (TPSA) is 84.2 Å². The first-order chi connectivity index (χ1) is 11.4. The molecule has 0 atom stereocenters. The third kappa shape index (κ3) is 5.59. The first kappa shape index (κ1) is 20.7. The summed E-state index contributed by atoms with van der Waals surface area (Å²) in [4.78, 5) is 24.6. The molecule has 0 bridgehead atoms. The van der Waals surface area contributed by atoms with Crippen LogP contribution >= 0.6 is 12.4 Å². The predicted molar refractivity (Wildman–Crippen MR) is 103 cm³/mol. The second kappa shape index (κ2) is 9.20. The highest BCUT2D eigenvalue weighted by molar-refractivity contribution is 6.05. The van der Waals surface area contributed by atoms with Gasteiger partial charge in [0.05, 0.1) is 0 Å². The molecule has 0 saturated carbocycles. The molecular formula is C19H24ClN3O2. The fourth-order valence-electron chi connectivity index (χ4n) is 2.33. The van der Waals surface area contributed by atoms with Crippen molar-refractivity contribution in [1.29, 1.82) is 0 Å². The van der Waals surface area contributed by atoms with Crippen LogP contribution in [-0.4, -0.2) is 17.9 Å². The van der Waals surface area contributed by atoms with Crippen molar-refractivity contribution in [2.45, 2.75) is 33.4 Å². The maximum absolute atomic E-state index is 12.4.